The molecule has 3 aromatic carbocycles. The van der Waals surface area contributed by atoms with Crippen LogP contribution in [0, 0.1) is 23.7 Å². The molecule has 2 saturated heterocycles. The number of hydrogen-bond donors (Lipinski definition) is 2. The van der Waals surface area contributed by atoms with Gasteiger partial charge in [0, 0.05) is 23.3 Å². The highest BCUT2D eigenvalue weighted by Crippen LogP contribution is 2.59. The zero-order valence-electron chi connectivity index (χ0n) is 27.2. The summed E-state index contributed by atoms with van der Waals surface area (Å²) in [6.45, 7) is 6.94. The number of carbonyl (C=O) groups is 2. The Bertz CT molecular complexity index is 1760. The van der Waals surface area contributed by atoms with Crippen molar-refractivity contribution in [3.63, 3.8) is 0 Å². The molecule has 0 radical (unpaired) electrons. The molecule has 2 N–H and O–H groups in total. The molecule has 3 heterocycles. The van der Waals surface area contributed by atoms with E-state index in [1.54, 1.807) is 6.07 Å². The smallest absolute Gasteiger partial charge is 0.261 e. The fourth-order valence-corrected chi connectivity index (χ4v) is 14.0. The van der Waals surface area contributed by atoms with Gasteiger partial charge in [0.2, 0.25) is 11.8 Å². The number of phenolic OH excluding ortho intramolecular Hbond substituents is 1. The lowest BCUT2D eigenvalue weighted by Crippen LogP contribution is -2.67. The molecule has 7 nitrogen and oxygen atoms in total. The average Bonchev–Trinajstić information content (AvgIpc) is 3.76. The minimum atomic E-state index is -3.00. The second kappa shape index (κ2) is 12.5. The molecule has 2 amide bonds. The Labute approximate surface area is 291 Å². The summed E-state index contributed by atoms with van der Waals surface area (Å²) in [6, 6.07) is 29.1. The van der Waals surface area contributed by atoms with Gasteiger partial charge < -0.3 is 19.4 Å². The Hall–Kier alpha value is -3.31. The quantitative estimate of drug-likeness (QED) is 0.166. The molecular formula is C38H40ClNO6SSi. The van der Waals surface area contributed by atoms with Gasteiger partial charge in [-0.15, -0.1) is 11.3 Å². The van der Waals surface area contributed by atoms with Gasteiger partial charge in [0.15, 0.2) is 5.79 Å². The first-order chi connectivity index (χ1) is 22.9. The molecule has 3 aliphatic rings. The van der Waals surface area contributed by atoms with Gasteiger partial charge in [-0.1, -0.05) is 105 Å². The maximum Gasteiger partial charge on any atom is 0.261 e. The van der Waals surface area contributed by atoms with E-state index in [-0.39, 0.29) is 42.2 Å². The van der Waals surface area contributed by atoms with Crippen LogP contribution < -0.4 is 10.4 Å². The number of likely N-dealkylation sites (tertiary alicyclic amines) is 1. The molecule has 250 valence electrons. The normalized spacial score (nSPS) is 27.3. The number of rotatable bonds is 8. The number of fused-ring (bicyclic) bond motifs is 3. The van der Waals surface area contributed by atoms with E-state index < -0.39 is 43.9 Å². The van der Waals surface area contributed by atoms with Gasteiger partial charge in [0.1, 0.15) is 5.75 Å². The second-order valence-corrected chi connectivity index (χ2v) is 20.0. The molecule has 2 aliphatic heterocycles. The van der Waals surface area contributed by atoms with Crippen LogP contribution in [-0.4, -0.2) is 47.6 Å². The Morgan fingerprint density at radius 3 is 2.21 bits per heavy atom. The van der Waals surface area contributed by atoms with Crippen molar-refractivity contribution in [3.8, 4) is 5.75 Å². The number of nitrogens with zero attached hydrogens (tertiary/aromatic N) is 1. The lowest BCUT2D eigenvalue weighted by atomic mass is 9.64. The number of halogens is 1. The molecule has 10 heteroatoms. The van der Waals surface area contributed by atoms with Gasteiger partial charge in [0.05, 0.1) is 29.5 Å². The topological polar surface area (TPSA) is 96.3 Å². The highest BCUT2D eigenvalue weighted by molar-refractivity contribution is 7.09. The van der Waals surface area contributed by atoms with E-state index in [1.165, 1.54) is 28.4 Å². The van der Waals surface area contributed by atoms with Crippen LogP contribution in [0.1, 0.15) is 50.2 Å². The van der Waals surface area contributed by atoms with Crippen molar-refractivity contribution >= 4 is 53.4 Å². The Morgan fingerprint density at radius 1 is 0.958 bits per heavy atom. The van der Waals surface area contributed by atoms with Crippen LogP contribution in [0.4, 0.5) is 0 Å². The Balaban J connectivity index is 1.29. The van der Waals surface area contributed by atoms with E-state index in [0.29, 0.717) is 17.0 Å². The third-order valence-corrected chi connectivity index (χ3v) is 16.8. The van der Waals surface area contributed by atoms with E-state index in [9.17, 15) is 19.8 Å². The van der Waals surface area contributed by atoms with E-state index in [1.807, 2.05) is 53.9 Å². The van der Waals surface area contributed by atoms with Crippen LogP contribution in [-0.2, 0) is 25.3 Å². The maximum absolute atomic E-state index is 14.1. The predicted molar refractivity (Wildman–Crippen MR) is 189 cm³/mol. The third kappa shape index (κ3) is 5.45. The van der Waals surface area contributed by atoms with E-state index in [4.69, 9.17) is 20.8 Å². The van der Waals surface area contributed by atoms with Crippen molar-refractivity contribution in [2.45, 2.75) is 57.1 Å². The number of carbonyl (C=O) groups excluding carboxylic acids is 2. The summed E-state index contributed by atoms with van der Waals surface area (Å²) < 4.78 is 13.9. The van der Waals surface area contributed by atoms with Crippen LogP contribution in [0.5, 0.6) is 5.75 Å². The number of phenols is 1. The minimum absolute atomic E-state index is 0.0234. The number of aromatic hydroxyl groups is 1. The van der Waals surface area contributed by atoms with E-state index >= 15 is 0 Å². The molecule has 0 spiro atoms. The number of thiophene rings is 1. The zero-order valence-corrected chi connectivity index (χ0v) is 29.8. The van der Waals surface area contributed by atoms with Gasteiger partial charge in [-0.2, -0.15) is 0 Å². The van der Waals surface area contributed by atoms with Gasteiger partial charge in [0.25, 0.3) is 8.32 Å². The van der Waals surface area contributed by atoms with Gasteiger partial charge in [-0.25, -0.2) is 0 Å². The monoisotopic (exact) mass is 701 g/mol. The van der Waals surface area contributed by atoms with Crippen molar-refractivity contribution in [1.29, 1.82) is 0 Å². The Kier molecular flexibility index (Phi) is 8.67. The fraction of sp³-hybridized carbons (Fsp3) is 0.368. The summed E-state index contributed by atoms with van der Waals surface area (Å²) in [4.78, 5) is 30.5. The summed E-state index contributed by atoms with van der Waals surface area (Å²) in [5.74, 6) is -4.81. The summed E-state index contributed by atoms with van der Waals surface area (Å²) in [5, 5.41) is 26.9. The van der Waals surface area contributed by atoms with E-state index in [2.05, 4.69) is 45.0 Å². The number of imide groups is 1. The molecule has 4 aromatic rings. The Morgan fingerprint density at radius 2 is 1.62 bits per heavy atom. The minimum Gasteiger partial charge on any atom is -0.508 e. The molecule has 48 heavy (non-hydrogen) atoms. The lowest BCUT2D eigenvalue weighted by molar-refractivity contribution is -0.273. The molecule has 0 unspecified atom stereocenters. The van der Waals surface area contributed by atoms with Crippen LogP contribution in [0.2, 0.25) is 10.1 Å². The first kappa shape index (κ1) is 33.2. The van der Waals surface area contributed by atoms with Crippen LogP contribution in [0.15, 0.2) is 96.4 Å². The first-order valence-electron chi connectivity index (χ1n) is 16.4. The van der Waals surface area contributed by atoms with Gasteiger partial charge in [-0.05, 0) is 57.4 Å². The van der Waals surface area contributed by atoms with Crippen LogP contribution in [0.25, 0.3) is 0 Å². The van der Waals surface area contributed by atoms with Gasteiger partial charge in [-0.3, -0.25) is 14.5 Å². The van der Waals surface area contributed by atoms with Crippen molar-refractivity contribution in [2.75, 3.05) is 6.61 Å². The standard InChI is InChI=1S/C38H40ClNO6SSi/c1-37(2,3)48(27-12-6-4-7-13-27,28-14-8-5-9-15-28)45-23-24-19-30-34(36(43)40(35(30)42)22-26-11-10-18-47-26)31-21-33(46-38(24,31)44)29-17-16-25(41)20-32(29)39/h4-18,20,24,30-31,33-34,41,44H,19,21-23H2,1-3H3/t24-,30+,31+,33+,34+,38-/m1/s1. The number of benzene rings is 3. The fourth-order valence-electron chi connectivity index (χ4n) is 8.41. The molecule has 1 aliphatic carbocycles. The molecule has 0 bridgehead atoms. The highest BCUT2D eigenvalue weighted by atomic mass is 35.5. The molecule has 6 atom stereocenters. The second-order valence-electron chi connectivity index (χ2n) is 14.3. The van der Waals surface area contributed by atoms with E-state index in [0.717, 1.165) is 15.3 Å². The highest BCUT2D eigenvalue weighted by Gasteiger charge is 2.67. The van der Waals surface area contributed by atoms with Crippen molar-refractivity contribution in [3.05, 3.63) is 112 Å². The lowest BCUT2D eigenvalue weighted by Gasteiger charge is -2.48. The molecular weight excluding hydrogens is 662 g/mol. The first-order valence-corrected chi connectivity index (χ1v) is 19.6. The summed E-state index contributed by atoms with van der Waals surface area (Å²) >= 11 is 8.10. The largest absolute Gasteiger partial charge is 0.508 e. The molecule has 1 saturated carbocycles. The zero-order chi connectivity index (χ0) is 33.8. The molecule has 1 aromatic heterocycles. The number of aliphatic hydroxyl groups is 1. The summed E-state index contributed by atoms with van der Waals surface area (Å²) in [5.41, 5.74) is 0.618. The van der Waals surface area contributed by atoms with Crippen molar-refractivity contribution in [2.24, 2.45) is 23.7 Å². The summed E-state index contributed by atoms with van der Waals surface area (Å²) in [7, 11) is -3.00. The van der Waals surface area contributed by atoms with Gasteiger partial charge >= 0.3 is 0 Å². The molecule has 3 fully saturated rings. The SMILES string of the molecule is CC(C)(C)[Si](OC[C@H]1C[C@@H]2C(=O)N(Cc3cccs3)C(=O)[C@@H]2[C@@H]2C[C@@H](c3ccc(O)cc3Cl)O[C@]12O)(c1ccccc1)c1ccccc1. The van der Waals surface area contributed by atoms with Crippen molar-refractivity contribution < 1.29 is 29.0 Å². The van der Waals surface area contributed by atoms with Crippen LogP contribution >= 0.6 is 22.9 Å². The summed E-state index contributed by atoms with van der Waals surface area (Å²) in [6.07, 6.45) is -0.0994. The molecule has 7 rings (SSSR count). The number of amides is 2. The third-order valence-electron chi connectivity index (χ3n) is 10.6. The maximum atomic E-state index is 14.1. The number of ether oxygens (including phenoxy) is 1. The number of hydrogen-bond acceptors (Lipinski definition) is 7. The van der Waals surface area contributed by atoms with Crippen LogP contribution in [0.3, 0.4) is 0 Å². The van der Waals surface area contributed by atoms with Crippen molar-refractivity contribution in [1.82, 2.24) is 4.90 Å². The average molecular weight is 702 g/mol. The predicted octanol–water partition coefficient (Wildman–Crippen LogP) is 6.27.